The number of aryl methyl sites for hydroxylation is 2. The van der Waals surface area contributed by atoms with Gasteiger partial charge in [0, 0.05) is 39.5 Å². The maximum absolute atomic E-state index is 2.78. The first-order chi connectivity index (χ1) is 36.3. The van der Waals surface area contributed by atoms with Crippen LogP contribution in [0, 0.1) is 13.8 Å². The molecule has 2 aliphatic heterocycles. The lowest BCUT2D eigenvalue weighted by Gasteiger charge is -2.48. The number of rotatable bonds is 3. The Morgan fingerprint density at radius 1 is 0.359 bits per heavy atom. The van der Waals surface area contributed by atoms with Gasteiger partial charge in [0.15, 0.2) is 0 Å². The summed E-state index contributed by atoms with van der Waals surface area (Å²) < 4.78 is 0. The Balaban J connectivity index is 1.20. The highest BCUT2D eigenvalue weighted by Crippen LogP contribution is 2.58. The molecule has 0 fully saturated rings. The topological polar surface area (TPSA) is 6.48 Å². The summed E-state index contributed by atoms with van der Waals surface area (Å²) >= 11 is 0. The quantitative estimate of drug-likeness (QED) is 0.163. The predicted molar refractivity (Wildman–Crippen MR) is 337 cm³/mol. The van der Waals surface area contributed by atoms with Gasteiger partial charge in [0.05, 0.1) is 0 Å². The fourth-order valence-corrected chi connectivity index (χ4v) is 16.0. The third-order valence-electron chi connectivity index (χ3n) is 21.6. The Morgan fingerprint density at radius 3 is 1.29 bits per heavy atom. The molecule has 3 heteroatoms. The second-order valence-electron chi connectivity index (χ2n) is 31.1. The lowest BCUT2D eigenvalue weighted by Crippen LogP contribution is -2.62. The monoisotopic (exact) mass is 1030 g/mol. The summed E-state index contributed by atoms with van der Waals surface area (Å²) in [4.78, 5) is 5.51. The second-order valence-corrected chi connectivity index (χ2v) is 31.1. The fraction of sp³-hybridized carbons (Fsp3) is 0.440. The van der Waals surface area contributed by atoms with Crippen molar-refractivity contribution in [2.24, 2.45) is 0 Å². The molecular formula is C75H87BN2. The Labute approximate surface area is 470 Å². The van der Waals surface area contributed by atoms with Crippen LogP contribution >= 0.6 is 0 Å². The van der Waals surface area contributed by atoms with E-state index in [-0.39, 0.29) is 50.0 Å². The Kier molecular flexibility index (Phi) is 10.7. The van der Waals surface area contributed by atoms with Crippen molar-refractivity contribution in [1.82, 2.24) is 0 Å². The van der Waals surface area contributed by atoms with Crippen molar-refractivity contribution in [3.8, 4) is 22.3 Å². The fourth-order valence-electron chi connectivity index (χ4n) is 16.0. The van der Waals surface area contributed by atoms with Gasteiger partial charge in [-0.2, -0.15) is 0 Å². The average Bonchev–Trinajstić information content (AvgIpc) is 3.74. The number of hydrogen-bond acceptors (Lipinski definition) is 2. The molecule has 7 aromatic carbocycles. The van der Waals surface area contributed by atoms with Crippen molar-refractivity contribution in [2.45, 2.75) is 213 Å². The summed E-state index contributed by atoms with van der Waals surface area (Å²) in [5, 5.41) is 0. The second kappa shape index (κ2) is 16.2. The van der Waals surface area contributed by atoms with E-state index in [0.717, 1.165) is 0 Å². The van der Waals surface area contributed by atoms with Crippen molar-refractivity contribution < 1.29 is 0 Å². The third-order valence-corrected chi connectivity index (χ3v) is 21.6. The first-order valence-corrected chi connectivity index (χ1v) is 30.0. The molecule has 0 unspecified atom stereocenters. The first kappa shape index (κ1) is 51.6. The van der Waals surface area contributed by atoms with Crippen LogP contribution < -0.4 is 26.2 Å². The van der Waals surface area contributed by atoms with Crippen LogP contribution in [0.25, 0.3) is 22.3 Å². The minimum Gasteiger partial charge on any atom is -0.311 e. The molecular weight excluding hydrogens is 940 g/mol. The zero-order chi connectivity index (χ0) is 55.6. The van der Waals surface area contributed by atoms with E-state index in [0.29, 0.717) is 0 Å². The molecule has 0 saturated carbocycles. The molecule has 13 rings (SSSR count). The van der Waals surface area contributed by atoms with Crippen LogP contribution in [0.4, 0.5) is 34.1 Å². The van der Waals surface area contributed by atoms with E-state index in [1.807, 2.05) is 0 Å². The SMILES string of the molecule is Cc1cc(C(C)(C)C)ccc1N1c2cc3c(cc2B2c4cc5c(cc4N(c4cc6c(cc4C)C(C)(C)CCC6(C)C)c4cc(-c6ccccc6)cc1c42)C(C)(C)c1cc2c(cc1-5)C(C)(C)CCC2(C)C)C(C)(C)CCC3(C)C. The van der Waals surface area contributed by atoms with Gasteiger partial charge in [0.1, 0.15) is 0 Å². The van der Waals surface area contributed by atoms with Gasteiger partial charge in [0.2, 0.25) is 0 Å². The van der Waals surface area contributed by atoms with Gasteiger partial charge in [-0.15, -0.1) is 0 Å². The van der Waals surface area contributed by atoms with Crippen molar-refractivity contribution >= 4 is 57.2 Å². The maximum atomic E-state index is 2.78. The predicted octanol–water partition coefficient (Wildman–Crippen LogP) is 18.7. The molecule has 2 nitrogen and oxygen atoms in total. The van der Waals surface area contributed by atoms with Gasteiger partial charge >= 0.3 is 0 Å². The summed E-state index contributed by atoms with van der Waals surface area (Å²) in [6, 6.07) is 45.2. The summed E-state index contributed by atoms with van der Waals surface area (Å²) in [6.45, 7) is 46.8. The summed E-state index contributed by atoms with van der Waals surface area (Å²) in [5.41, 5.74) is 33.7. The molecule has 0 aromatic heterocycles. The van der Waals surface area contributed by atoms with Crippen molar-refractivity contribution in [3.05, 3.63) is 170 Å². The summed E-state index contributed by atoms with van der Waals surface area (Å²) in [5.74, 6) is 0. The van der Waals surface area contributed by atoms with Gasteiger partial charge in [-0.1, -0.05) is 184 Å². The summed E-state index contributed by atoms with van der Waals surface area (Å²) in [6.07, 6.45) is 7.10. The van der Waals surface area contributed by atoms with E-state index in [4.69, 9.17) is 0 Å². The van der Waals surface area contributed by atoms with E-state index in [2.05, 4.69) is 251 Å². The van der Waals surface area contributed by atoms with Crippen LogP contribution in [0.5, 0.6) is 0 Å². The molecule has 78 heavy (non-hydrogen) atoms. The number of benzene rings is 7. The lowest BCUT2D eigenvalue weighted by atomic mass is 9.33. The van der Waals surface area contributed by atoms with Crippen molar-refractivity contribution in [1.29, 1.82) is 0 Å². The number of hydrogen-bond donors (Lipinski definition) is 0. The summed E-state index contributed by atoms with van der Waals surface area (Å²) in [7, 11) is 0. The zero-order valence-corrected chi connectivity index (χ0v) is 51.1. The van der Waals surface area contributed by atoms with E-state index in [1.54, 1.807) is 11.1 Å². The molecule has 400 valence electrons. The number of anilines is 6. The third kappa shape index (κ3) is 7.33. The van der Waals surface area contributed by atoms with Gasteiger partial charge in [-0.05, 0) is 233 Å². The van der Waals surface area contributed by atoms with Gasteiger partial charge in [-0.3, -0.25) is 0 Å². The average molecular weight is 1030 g/mol. The van der Waals surface area contributed by atoms with E-state index in [9.17, 15) is 0 Å². The van der Waals surface area contributed by atoms with E-state index >= 15 is 0 Å². The van der Waals surface area contributed by atoms with Crippen LogP contribution in [0.2, 0.25) is 0 Å². The minimum atomic E-state index is -0.209. The van der Waals surface area contributed by atoms with Crippen molar-refractivity contribution in [2.75, 3.05) is 9.80 Å². The van der Waals surface area contributed by atoms with Gasteiger partial charge < -0.3 is 9.80 Å². The highest BCUT2D eigenvalue weighted by Gasteiger charge is 2.50. The largest absolute Gasteiger partial charge is 0.311 e. The van der Waals surface area contributed by atoms with Gasteiger partial charge in [-0.25, -0.2) is 0 Å². The Bertz CT molecular complexity index is 3730. The molecule has 0 radical (unpaired) electrons. The molecule has 0 bridgehead atoms. The molecule has 6 aliphatic rings. The Hall–Kier alpha value is -5.80. The van der Waals surface area contributed by atoms with E-state index in [1.165, 1.54) is 161 Å². The van der Waals surface area contributed by atoms with E-state index < -0.39 is 0 Å². The molecule has 4 aliphatic carbocycles. The minimum absolute atomic E-state index is 0.0172. The van der Waals surface area contributed by atoms with Gasteiger partial charge in [0.25, 0.3) is 6.71 Å². The molecule has 0 N–H and O–H groups in total. The zero-order valence-electron chi connectivity index (χ0n) is 51.1. The van der Waals surface area contributed by atoms with Crippen LogP contribution in [0.1, 0.15) is 217 Å². The number of nitrogens with zero attached hydrogens (tertiary/aromatic N) is 2. The standard InChI is InChI=1S/C75H87BN2/c1-44-33-48(68(3,4)5)25-26-61(44)77-64-43-58-56(72(12,13)30-32-74(58,16)17)40-60(64)76-59-38-50-49-37-54-55(71(10,11)29-28-70(54,8)9)39-51(49)75(18,19)52(50)41-63(59)78(66-36-47(35-65(77)67(66)76)46-23-21-20-22-24-46)62-42-57-53(34-45(62)2)69(6,7)27-31-73(57,14)15/h20-26,33-43H,27-32H2,1-19H3. The van der Waals surface area contributed by atoms with Crippen LogP contribution in [-0.2, 0) is 43.3 Å². The lowest BCUT2D eigenvalue weighted by molar-refractivity contribution is 0.331. The highest BCUT2D eigenvalue weighted by molar-refractivity contribution is 7.00. The Morgan fingerprint density at radius 2 is 0.769 bits per heavy atom. The van der Waals surface area contributed by atoms with Crippen molar-refractivity contribution in [3.63, 3.8) is 0 Å². The normalized spacial score (nSPS) is 20.6. The molecule has 0 spiro atoms. The molecule has 0 atom stereocenters. The van der Waals surface area contributed by atoms with Crippen LogP contribution in [0.15, 0.2) is 109 Å². The smallest absolute Gasteiger partial charge is 0.252 e. The highest BCUT2D eigenvalue weighted by atomic mass is 15.2. The first-order valence-electron chi connectivity index (χ1n) is 30.0. The molecule has 2 heterocycles. The van der Waals surface area contributed by atoms with Crippen LogP contribution in [-0.4, -0.2) is 6.71 Å². The van der Waals surface area contributed by atoms with Crippen LogP contribution in [0.3, 0.4) is 0 Å². The molecule has 7 aromatic rings. The molecule has 0 saturated heterocycles. The maximum Gasteiger partial charge on any atom is 0.252 e. The number of fused-ring (bicyclic) bond motifs is 10. The molecule has 0 amide bonds.